The zero-order valence-electron chi connectivity index (χ0n) is 10.8. The molecule has 0 bridgehead atoms. The van der Waals surface area contributed by atoms with E-state index in [-0.39, 0.29) is 5.91 Å². The van der Waals surface area contributed by atoms with Gasteiger partial charge in [-0.1, -0.05) is 6.07 Å². The van der Waals surface area contributed by atoms with Crippen molar-refractivity contribution < 1.29 is 4.79 Å². The molecule has 0 aliphatic heterocycles. The van der Waals surface area contributed by atoms with Crippen LogP contribution in [0.15, 0.2) is 47.2 Å². The summed E-state index contributed by atoms with van der Waals surface area (Å²) >= 11 is 3.35. The van der Waals surface area contributed by atoms with E-state index in [1.807, 2.05) is 37.4 Å². The van der Waals surface area contributed by atoms with Gasteiger partial charge in [0.25, 0.3) is 5.91 Å². The van der Waals surface area contributed by atoms with Crippen LogP contribution in [0.4, 0.5) is 5.82 Å². The lowest BCUT2D eigenvalue weighted by Crippen LogP contribution is -2.13. The molecule has 2 aromatic heterocycles. The minimum absolute atomic E-state index is 0.167. The molecule has 5 heteroatoms. The van der Waals surface area contributed by atoms with Gasteiger partial charge in [-0.3, -0.25) is 4.79 Å². The van der Waals surface area contributed by atoms with Crippen LogP contribution >= 0.6 is 15.9 Å². The molecule has 1 amide bonds. The van der Waals surface area contributed by atoms with Gasteiger partial charge >= 0.3 is 0 Å². The molecule has 0 saturated heterocycles. The summed E-state index contributed by atoms with van der Waals surface area (Å²) in [6, 6.07) is 9.44. The number of carbonyl (C=O) groups excluding carboxylic acids is 1. The predicted octanol–water partition coefficient (Wildman–Crippen LogP) is 3.89. The highest BCUT2D eigenvalue weighted by atomic mass is 79.9. The van der Waals surface area contributed by atoms with Crippen LogP contribution < -0.4 is 5.32 Å². The number of aromatic nitrogens is 2. The molecule has 0 atom stereocenters. The van der Waals surface area contributed by atoms with Crippen molar-refractivity contribution in [3.8, 4) is 0 Å². The van der Waals surface area contributed by atoms with Crippen molar-refractivity contribution in [3.63, 3.8) is 0 Å². The fourth-order valence-corrected chi connectivity index (χ4v) is 2.49. The van der Waals surface area contributed by atoms with Crippen LogP contribution in [-0.4, -0.2) is 15.9 Å². The van der Waals surface area contributed by atoms with E-state index in [0.29, 0.717) is 11.4 Å². The highest BCUT2D eigenvalue weighted by Gasteiger charge is 2.09. The second-order valence-corrected chi connectivity index (χ2v) is 5.47. The summed E-state index contributed by atoms with van der Waals surface area (Å²) in [5, 5.41) is 3.91. The normalized spacial score (nSPS) is 10.7. The Morgan fingerprint density at radius 2 is 2.15 bits per heavy atom. The smallest absolute Gasteiger partial charge is 0.256 e. The number of aryl methyl sites for hydroxylation is 1. The van der Waals surface area contributed by atoms with Crippen LogP contribution in [0, 0.1) is 6.92 Å². The zero-order valence-corrected chi connectivity index (χ0v) is 12.4. The van der Waals surface area contributed by atoms with Crippen molar-refractivity contribution in [2.24, 2.45) is 0 Å². The van der Waals surface area contributed by atoms with Crippen molar-refractivity contribution in [2.75, 3.05) is 5.32 Å². The third-order valence-electron chi connectivity index (χ3n) is 3.09. The molecule has 0 fully saturated rings. The van der Waals surface area contributed by atoms with Crippen LogP contribution in [0.1, 0.15) is 15.9 Å². The second kappa shape index (κ2) is 5.09. The number of H-pyrrole nitrogens is 1. The maximum atomic E-state index is 12.2. The highest BCUT2D eigenvalue weighted by molar-refractivity contribution is 9.10. The first-order chi connectivity index (χ1) is 9.63. The highest BCUT2D eigenvalue weighted by Crippen LogP contribution is 2.19. The monoisotopic (exact) mass is 329 g/mol. The molecular weight excluding hydrogens is 318 g/mol. The molecule has 0 unspecified atom stereocenters. The van der Waals surface area contributed by atoms with E-state index in [1.165, 1.54) is 0 Å². The summed E-state index contributed by atoms with van der Waals surface area (Å²) in [7, 11) is 0. The van der Waals surface area contributed by atoms with E-state index in [2.05, 4.69) is 31.2 Å². The predicted molar refractivity (Wildman–Crippen MR) is 82.9 cm³/mol. The van der Waals surface area contributed by atoms with Gasteiger partial charge in [0.05, 0.1) is 0 Å². The molecule has 0 spiro atoms. The molecule has 2 heterocycles. The SMILES string of the molecule is Cc1cc(Br)cnc1NC(=O)c1ccc2cc[nH]c2c1. The number of nitrogens with zero attached hydrogens (tertiary/aromatic N) is 1. The lowest BCUT2D eigenvalue weighted by atomic mass is 10.1. The number of fused-ring (bicyclic) bond motifs is 1. The molecule has 100 valence electrons. The van der Waals surface area contributed by atoms with Gasteiger partial charge in [-0.05, 0) is 58.1 Å². The average molecular weight is 330 g/mol. The number of halogens is 1. The molecule has 0 saturated carbocycles. The number of nitrogens with one attached hydrogen (secondary N) is 2. The van der Waals surface area contributed by atoms with Crippen molar-refractivity contribution in [1.82, 2.24) is 9.97 Å². The Kier molecular flexibility index (Phi) is 3.28. The molecule has 0 aliphatic rings. The van der Waals surface area contributed by atoms with Crippen molar-refractivity contribution in [2.45, 2.75) is 6.92 Å². The summed E-state index contributed by atoms with van der Waals surface area (Å²) in [6.45, 7) is 1.90. The van der Waals surface area contributed by atoms with Crippen LogP contribution in [0.3, 0.4) is 0 Å². The van der Waals surface area contributed by atoms with Gasteiger partial charge in [-0.25, -0.2) is 4.98 Å². The van der Waals surface area contributed by atoms with Gasteiger partial charge < -0.3 is 10.3 Å². The fourth-order valence-electron chi connectivity index (χ4n) is 2.04. The van der Waals surface area contributed by atoms with E-state index in [0.717, 1.165) is 20.9 Å². The summed E-state index contributed by atoms with van der Waals surface area (Å²) in [6.07, 6.45) is 3.52. The Balaban J connectivity index is 1.88. The minimum Gasteiger partial charge on any atom is -0.361 e. The number of aromatic amines is 1. The zero-order chi connectivity index (χ0) is 14.1. The second-order valence-electron chi connectivity index (χ2n) is 4.55. The van der Waals surface area contributed by atoms with E-state index in [4.69, 9.17) is 0 Å². The van der Waals surface area contributed by atoms with Crippen molar-refractivity contribution in [3.05, 3.63) is 58.3 Å². The van der Waals surface area contributed by atoms with E-state index < -0.39 is 0 Å². The fraction of sp³-hybridized carbons (Fsp3) is 0.0667. The standard InChI is InChI=1S/C15H12BrN3O/c1-9-6-12(16)8-18-14(9)19-15(20)11-3-2-10-4-5-17-13(10)7-11/h2-8,17H,1H3,(H,18,19,20). The molecule has 4 nitrogen and oxygen atoms in total. The molecule has 3 rings (SSSR count). The molecule has 2 N–H and O–H groups in total. The first kappa shape index (κ1) is 12.9. The number of carbonyl (C=O) groups is 1. The number of anilines is 1. The topological polar surface area (TPSA) is 57.8 Å². The van der Waals surface area contributed by atoms with Gasteiger partial charge in [0.2, 0.25) is 0 Å². The van der Waals surface area contributed by atoms with Crippen molar-refractivity contribution in [1.29, 1.82) is 0 Å². The van der Waals surface area contributed by atoms with Gasteiger partial charge in [0.1, 0.15) is 5.82 Å². The first-order valence-electron chi connectivity index (χ1n) is 6.14. The average Bonchev–Trinajstić information content (AvgIpc) is 2.89. The molecule has 0 radical (unpaired) electrons. The Labute approximate surface area is 124 Å². The quantitative estimate of drug-likeness (QED) is 0.749. The number of hydrogen-bond acceptors (Lipinski definition) is 2. The molecule has 0 aliphatic carbocycles. The van der Waals surface area contributed by atoms with E-state index in [9.17, 15) is 4.79 Å². The largest absolute Gasteiger partial charge is 0.361 e. The summed E-state index contributed by atoms with van der Waals surface area (Å²) in [4.78, 5) is 19.5. The maximum absolute atomic E-state index is 12.2. The van der Waals surface area contributed by atoms with Crippen molar-refractivity contribution >= 4 is 38.6 Å². The Hall–Kier alpha value is -2.14. The summed E-state index contributed by atoms with van der Waals surface area (Å²) < 4.78 is 0.890. The van der Waals surface area contributed by atoms with Gasteiger partial charge in [-0.2, -0.15) is 0 Å². The van der Waals surface area contributed by atoms with Crippen LogP contribution in [0.25, 0.3) is 10.9 Å². The molecule has 3 aromatic rings. The van der Waals surface area contributed by atoms with Gasteiger partial charge in [0, 0.05) is 27.9 Å². The maximum Gasteiger partial charge on any atom is 0.256 e. The van der Waals surface area contributed by atoms with Crippen LogP contribution in [-0.2, 0) is 0 Å². The minimum atomic E-state index is -0.167. The van der Waals surface area contributed by atoms with Gasteiger partial charge in [0.15, 0.2) is 0 Å². The number of amides is 1. The molecule has 1 aromatic carbocycles. The molecular formula is C15H12BrN3O. The van der Waals surface area contributed by atoms with E-state index in [1.54, 1.807) is 12.3 Å². The Bertz CT molecular complexity index is 795. The van der Waals surface area contributed by atoms with Gasteiger partial charge in [-0.15, -0.1) is 0 Å². The Morgan fingerprint density at radius 3 is 2.95 bits per heavy atom. The number of benzene rings is 1. The lowest BCUT2D eigenvalue weighted by molar-refractivity contribution is 0.102. The molecule has 20 heavy (non-hydrogen) atoms. The number of rotatable bonds is 2. The summed E-state index contributed by atoms with van der Waals surface area (Å²) in [5.41, 5.74) is 2.45. The third kappa shape index (κ3) is 2.44. The summed E-state index contributed by atoms with van der Waals surface area (Å²) in [5.74, 6) is 0.407. The number of hydrogen-bond donors (Lipinski definition) is 2. The van der Waals surface area contributed by atoms with E-state index >= 15 is 0 Å². The lowest BCUT2D eigenvalue weighted by Gasteiger charge is -2.07. The number of pyridine rings is 1. The Morgan fingerprint density at radius 1 is 1.30 bits per heavy atom. The first-order valence-corrected chi connectivity index (χ1v) is 6.93. The third-order valence-corrected chi connectivity index (χ3v) is 3.53. The van der Waals surface area contributed by atoms with Crippen LogP contribution in [0.2, 0.25) is 0 Å². The van der Waals surface area contributed by atoms with Crippen LogP contribution in [0.5, 0.6) is 0 Å².